The molecule has 0 unspecified atom stereocenters. The summed E-state index contributed by atoms with van der Waals surface area (Å²) in [5, 5.41) is 0. The Hall–Kier alpha value is -1.21. The molecule has 0 fully saturated rings. The molecule has 0 heterocycles. The fraction of sp³-hybridized carbons (Fsp3) is 0.0833. The Balaban J connectivity index is 2.55. The Kier molecular flexibility index (Phi) is 4.13. The number of rotatable bonds is 4. The van der Waals surface area contributed by atoms with E-state index in [4.69, 9.17) is 12.2 Å². The average molecular weight is 188 g/mol. The molecule has 0 aliphatic carbocycles. The second-order valence-electron chi connectivity index (χ2n) is 2.72. The molecule has 0 aliphatic heterocycles. The molecule has 0 nitrogen and oxygen atoms in total. The van der Waals surface area contributed by atoms with Crippen molar-refractivity contribution in [3.63, 3.8) is 0 Å². The van der Waals surface area contributed by atoms with Crippen molar-refractivity contribution in [2.75, 3.05) is 0 Å². The normalized spacial score (nSPS) is 10.2. The minimum Gasteiger partial charge on any atom is -0.0991 e. The van der Waals surface area contributed by atoms with Gasteiger partial charge >= 0.3 is 0 Å². The first kappa shape index (κ1) is 9.87. The monoisotopic (exact) mass is 188 g/mol. The molecule has 1 aromatic rings. The van der Waals surface area contributed by atoms with Crippen molar-refractivity contribution in [2.45, 2.75) is 6.42 Å². The van der Waals surface area contributed by atoms with Gasteiger partial charge in [0.25, 0.3) is 0 Å². The molecule has 0 atom stereocenters. The zero-order chi connectivity index (χ0) is 9.52. The molecule has 1 heteroatoms. The maximum Gasteiger partial charge on any atom is 0.0196 e. The van der Waals surface area contributed by atoms with Gasteiger partial charge in [0.1, 0.15) is 0 Å². The van der Waals surface area contributed by atoms with Gasteiger partial charge in [-0.3, -0.25) is 0 Å². The van der Waals surface area contributed by atoms with Crippen LogP contribution in [0, 0.1) is 0 Å². The van der Waals surface area contributed by atoms with Crippen LogP contribution in [-0.4, -0.2) is 4.86 Å². The first-order valence-electron chi connectivity index (χ1n) is 4.19. The van der Waals surface area contributed by atoms with Gasteiger partial charge < -0.3 is 0 Å². The van der Waals surface area contributed by atoms with E-state index in [9.17, 15) is 0 Å². The molecular formula is C12H12S. The summed E-state index contributed by atoms with van der Waals surface area (Å²) in [6, 6.07) is 10.2. The number of thiocarbonyl (C=S) groups is 1. The molecule has 13 heavy (non-hydrogen) atoms. The van der Waals surface area contributed by atoms with Crippen LogP contribution in [-0.2, 0) is 6.42 Å². The van der Waals surface area contributed by atoms with Crippen LogP contribution in [0.2, 0.25) is 0 Å². The molecule has 0 spiro atoms. The van der Waals surface area contributed by atoms with Crippen LogP contribution in [0.1, 0.15) is 5.56 Å². The first-order valence-corrected chi connectivity index (χ1v) is 4.59. The predicted octanol–water partition coefficient (Wildman–Crippen LogP) is 3.34. The first-order chi connectivity index (χ1) is 6.33. The van der Waals surface area contributed by atoms with E-state index in [0.717, 1.165) is 11.3 Å². The summed E-state index contributed by atoms with van der Waals surface area (Å²) >= 11 is 5.17. The van der Waals surface area contributed by atoms with E-state index in [0.29, 0.717) is 0 Å². The van der Waals surface area contributed by atoms with Gasteiger partial charge in [-0.15, -0.1) is 0 Å². The lowest BCUT2D eigenvalue weighted by atomic mass is 10.1. The molecule has 0 aromatic heterocycles. The van der Waals surface area contributed by atoms with Crippen molar-refractivity contribution in [3.05, 3.63) is 60.7 Å². The summed E-state index contributed by atoms with van der Waals surface area (Å²) in [5.41, 5.74) is 1.25. The van der Waals surface area contributed by atoms with E-state index in [1.54, 1.807) is 6.08 Å². The second kappa shape index (κ2) is 5.44. The summed E-state index contributed by atoms with van der Waals surface area (Å²) in [7, 11) is 0. The minimum atomic E-state index is 0.834. The predicted molar refractivity (Wildman–Crippen MR) is 62.1 cm³/mol. The van der Waals surface area contributed by atoms with Gasteiger partial charge in [-0.1, -0.05) is 61.3 Å². The smallest absolute Gasteiger partial charge is 0.0196 e. The summed E-state index contributed by atoms with van der Waals surface area (Å²) in [4.78, 5) is 0.936. The van der Waals surface area contributed by atoms with Crippen LogP contribution in [0.4, 0.5) is 0 Å². The van der Waals surface area contributed by atoms with Gasteiger partial charge in [0.2, 0.25) is 0 Å². The van der Waals surface area contributed by atoms with Gasteiger partial charge in [-0.25, -0.2) is 0 Å². The molecule has 0 saturated heterocycles. The van der Waals surface area contributed by atoms with Gasteiger partial charge in [0, 0.05) is 11.3 Å². The zero-order valence-corrected chi connectivity index (χ0v) is 8.26. The van der Waals surface area contributed by atoms with Crippen LogP contribution in [0.3, 0.4) is 0 Å². The summed E-state index contributed by atoms with van der Waals surface area (Å²) < 4.78 is 0. The Bertz CT molecular complexity index is 309. The number of hydrogen-bond acceptors (Lipinski definition) is 1. The minimum absolute atomic E-state index is 0.834. The molecule has 0 amide bonds. The van der Waals surface area contributed by atoms with Gasteiger partial charge in [-0.05, 0) is 11.6 Å². The Labute approximate surface area is 84.6 Å². The Morgan fingerprint density at radius 3 is 2.62 bits per heavy atom. The van der Waals surface area contributed by atoms with Crippen LogP contribution in [0.25, 0.3) is 0 Å². The van der Waals surface area contributed by atoms with Gasteiger partial charge in [0.15, 0.2) is 0 Å². The summed E-state index contributed by atoms with van der Waals surface area (Å²) in [6.45, 7) is 3.59. The van der Waals surface area contributed by atoms with Crippen molar-refractivity contribution in [3.8, 4) is 0 Å². The quantitative estimate of drug-likeness (QED) is 0.397. The van der Waals surface area contributed by atoms with Crippen molar-refractivity contribution >= 4 is 17.1 Å². The van der Waals surface area contributed by atoms with E-state index in [1.165, 1.54) is 5.56 Å². The third-order valence-corrected chi connectivity index (χ3v) is 1.92. The lowest BCUT2D eigenvalue weighted by Gasteiger charge is -1.97. The van der Waals surface area contributed by atoms with E-state index < -0.39 is 0 Å². The van der Waals surface area contributed by atoms with Gasteiger partial charge in [-0.2, -0.15) is 0 Å². The van der Waals surface area contributed by atoms with E-state index in [-0.39, 0.29) is 0 Å². The lowest BCUT2D eigenvalue weighted by molar-refractivity contribution is 1.36. The topological polar surface area (TPSA) is 0 Å². The molecule has 0 N–H and O–H groups in total. The SMILES string of the molecule is C=CC=CC(=S)Cc1ccccc1. The maximum atomic E-state index is 5.17. The van der Waals surface area contributed by atoms with E-state index >= 15 is 0 Å². The number of benzene rings is 1. The third-order valence-electron chi connectivity index (χ3n) is 1.64. The molecule has 0 saturated carbocycles. The Morgan fingerprint density at radius 1 is 1.31 bits per heavy atom. The van der Waals surface area contributed by atoms with Crippen LogP contribution in [0.5, 0.6) is 0 Å². The van der Waals surface area contributed by atoms with Crippen molar-refractivity contribution in [1.82, 2.24) is 0 Å². The van der Waals surface area contributed by atoms with Crippen LogP contribution in [0.15, 0.2) is 55.1 Å². The molecule has 0 radical (unpaired) electrons. The molecule has 1 rings (SSSR count). The highest BCUT2D eigenvalue weighted by atomic mass is 32.1. The molecule has 1 aromatic carbocycles. The van der Waals surface area contributed by atoms with E-state index in [1.807, 2.05) is 30.4 Å². The van der Waals surface area contributed by atoms with Crippen LogP contribution < -0.4 is 0 Å². The number of hydrogen-bond donors (Lipinski definition) is 0. The maximum absolute atomic E-state index is 5.17. The van der Waals surface area contributed by atoms with Gasteiger partial charge in [0.05, 0.1) is 0 Å². The fourth-order valence-corrected chi connectivity index (χ4v) is 1.28. The van der Waals surface area contributed by atoms with Crippen molar-refractivity contribution < 1.29 is 0 Å². The van der Waals surface area contributed by atoms with Crippen LogP contribution >= 0.6 is 12.2 Å². The van der Waals surface area contributed by atoms with Crippen molar-refractivity contribution in [2.24, 2.45) is 0 Å². The van der Waals surface area contributed by atoms with E-state index in [2.05, 4.69) is 18.7 Å². The average Bonchev–Trinajstić information content (AvgIpc) is 2.16. The summed E-state index contributed by atoms with van der Waals surface area (Å²) in [5.74, 6) is 0. The second-order valence-corrected chi connectivity index (χ2v) is 3.25. The summed E-state index contributed by atoms with van der Waals surface area (Å²) in [6.07, 6.45) is 6.35. The fourth-order valence-electron chi connectivity index (χ4n) is 1.03. The highest BCUT2D eigenvalue weighted by Crippen LogP contribution is 2.01. The lowest BCUT2D eigenvalue weighted by Crippen LogP contribution is -1.94. The highest BCUT2D eigenvalue weighted by molar-refractivity contribution is 7.80. The largest absolute Gasteiger partial charge is 0.0991 e. The standard InChI is InChI=1S/C12H12S/c1-2-3-9-12(13)10-11-7-5-4-6-8-11/h2-9H,1,10H2. The third kappa shape index (κ3) is 3.81. The van der Waals surface area contributed by atoms with Crippen molar-refractivity contribution in [1.29, 1.82) is 0 Å². The Morgan fingerprint density at radius 2 is 2.00 bits per heavy atom. The number of allylic oxidation sites excluding steroid dienone is 3. The zero-order valence-electron chi connectivity index (χ0n) is 7.44. The molecular weight excluding hydrogens is 176 g/mol. The molecule has 0 bridgehead atoms. The molecule has 66 valence electrons. The molecule has 0 aliphatic rings. The highest BCUT2D eigenvalue weighted by Gasteiger charge is 1.93.